The molecule has 106 valence electrons. The smallest absolute Gasteiger partial charge is 0.311 e. The first-order chi connectivity index (χ1) is 8.98. The highest BCUT2D eigenvalue weighted by Crippen LogP contribution is 2.32. The molecule has 0 bridgehead atoms. The van der Waals surface area contributed by atoms with Gasteiger partial charge in [-0.2, -0.15) is 11.8 Å². The Morgan fingerprint density at radius 1 is 1.47 bits per heavy atom. The Balaban J connectivity index is 2.93. The van der Waals surface area contributed by atoms with Gasteiger partial charge in [-0.3, -0.25) is 10.1 Å². The average Bonchev–Trinajstić information content (AvgIpc) is 2.40. The standard InChI is InChI=1S/C12H20N4O2S/c1-4-12(5-2,19-3)8-14-11-9(16(17)18)6-7-10(13)15-11/h6-7H,4-5,8H2,1-3H3,(H3,13,14,15). The first-order valence-electron chi connectivity index (χ1n) is 6.18. The summed E-state index contributed by atoms with van der Waals surface area (Å²) in [5.74, 6) is 0.515. The summed E-state index contributed by atoms with van der Waals surface area (Å²) in [6, 6.07) is 2.81. The van der Waals surface area contributed by atoms with E-state index >= 15 is 0 Å². The molecule has 0 unspecified atom stereocenters. The zero-order chi connectivity index (χ0) is 14.5. The second-order valence-electron chi connectivity index (χ2n) is 4.31. The van der Waals surface area contributed by atoms with Gasteiger partial charge in [0, 0.05) is 17.4 Å². The number of aromatic nitrogens is 1. The van der Waals surface area contributed by atoms with E-state index in [9.17, 15) is 10.1 Å². The SMILES string of the molecule is CCC(CC)(CNc1nc(N)ccc1[N+](=O)[O-])SC. The van der Waals surface area contributed by atoms with Gasteiger partial charge in [0.25, 0.3) is 0 Å². The number of anilines is 2. The van der Waals surface area contributed by atoms with Crippen LogP contribution in [0.15, 0.2) is 12.1 Å². The summed E-state index contributed by atoms with van der Waals surface area (Å²) in [6.07, 6.45) is 4.01. The number of pyridine rings is 1. The molecule has 0 saturated heterocycles. The lowest BCUT2D eigenvalue weighted by Crippen LogP contribution is -2.32. The second kappa shape index (κ2) is 6.60. The van der Waals surface area contributed by atoms with Crippen molar-refractivity contribution in [1.29, 1.82) is 0 Å². The van der Waals surface area contributed by atoms with Gasteiger partial charge in [0.1, 0.15) is 5.82 Å². The van der Waals surface area contributed by atoms with E-state index < -0.39 is 4.92 Å². The van der Waals surface area contributed by atoms with E-state index in [2.05, 4.69) is 30.4 Å². The van der Waals surface area contributed by atoms with Crippen molar-refractivity contribution in [2.24, 2.45) is 0 Å². The zero-order valence-corrected chi connectivity index (χ0v) is 12.3. The molecule has 19 heavy (non-hydrogen) atoms. The highest BCUT2D eigenvalue weighted by Gasteiger charge is 2.26. The molecule has 0 radical (unpaired) electrons. The molecular weight excluding hydrogens is 264 g/mol. The number of nitrogens with one attached hydrogen (secondary N) is 1. The number of thioether (sulfide) groups is 1. The average molecular weight is 284 g/mol. The summed E-state index contributed by atoms with van der Waals surface area (Å²) in [5, 5.41) is 14.0. The molecule has 1 heterocycles. The third kappa shape index (κ3) is 3.73. The molecule has 0 amide bonds. The fourth-order valence-corrected chi connectivity index (χ4v) is 2.64. The third-order valence-corrected chi connectivity index (χ3v) is 4.98. The Kier molecular flexibility index (Phi) is 5.41. The molecule has 3 N–H and O–H groups in total. The minimum atomic E-state index is -0.451. The number of nitro groups is 1. The van der Waals surface area contributed by atoms with Gasteiger partial charge in [0.2, 0.25) is 5.82 Å². The monoisotopic (exact) mass is 284 g/mol. The van der Waals surface area contributed by atoms with Crippen LogP contribution in [-0.4, -0.2) is 27.5 Å². The molecule has 0 aliphatic rings. The number of nitrogen functional groups attached to an aromatic ring is 1. The van der Waals surface area contributed by atoms with Crippen LogP contribution in [-0.2, 0) is 0 Å². The predicted octanol–water partition coefficient (Wildman–Crippen LogP) is 2.91. The van der Waals surface area contributed by atoms with Crippen LogP contribution in [0.1, 0.15) is 26.7 Å². The van der Waals surface area contributed by atoms with Crippen LogP contribution in [0.4, 0.5) is 17.3 Å². The molecule has 0 aliphatic heterocycles. The largest absolute Gasteiger partial charge is 0.384 e. The number of rotatable bonds is 7. The van der Waals surface area contributed by atoms with E-state index in [-0.39, 0.29) is 22.1 Å². The van der Waals surface area contributed by atoms with E-state index in [1.165, 1.54) is 12.1 Å². The topological polar surface area (TPSA) is 94.1 Å². The molecule has 6 nitrogen and oxygen atoms in total. The molecule has 0 fully saturated rings. The Labute approximate surface area is 117 Å². The van der Waals surface area contributed by atoms with E-state index in [0.717, 1.165) is 12.8 Å². The Hall–Kier alpha value is -1.50. The molecule has 1 rings (SSSR count). The van der Waals surface area contributed by atoms with Crippen LogP contribution < -0.4 is 11.1 Å². The lowest BCUT2D eigenvalue weighted by Gasteiger charge is -2.29. The van der Waals surface area contributed by atoms with Gasteiger partial charge in [-0.25, -0.2) is 4.98 Å². The minimum absolute atomic E-state index is 0.0450. The first-order valence-corrected chi connectivity index (χ1v) is 7.40. The van der Waals surface area contributed by atoms with Gasteiger partial charge in [-0.15, -0.1) is 0 Å². The van der Waals surface area contributed by atoms with E-state index in [1.54, 1.807) is 11.8 Å². The van der Waals surface area contributed by atoms with Crippen molar-refractivity contribution in [2.45, 2.75) is 31.4 Å². The van der Waals surface area contributed by atoms with Gasteiger partial charge < -0.3 is 11.1 Å². The first kappa shape index (κ1) is 15.6. The molecule has 0 spiro atoms. The Morgan fingerprint density at radius 2 is 2.11 bits per heavy atom. The van der Waals surface area contributed by atoms with Crippen molar-refractivity contribution in [3.8, 4) is 0 Å². The Bertz CT molecular complexity index is 441. The van der Waals surface area contributed by atoms with Gasteiger partial charge in [-0.1, -0.05) is 13.8 Å². The summed E-state index contributed by atoms with van der Waals surface area (Å²) >= 11 is 1.76. The van der Waals surface area contributed by atoms with Crippen LogP contribution in [0.2, 0.25) is 0 Å². The van der Waals surface area contributed by atoms with Crippen LogP contribution in [0.25, 0.3) is 0 Å². The number of nitrogens with zero attached hydrogens (tertiary/aromatic N) is 2. The van der Waals surface area contributed by atoms with Crippen molar-refractivity contribution >= 4 is 29.1 Å². The van der Waals surface area contributed by atoms with Crippen molar-refractivity contribution in [3.05, 3.63) is 22.2 Å². The van der Waals surface area contributed by atoms with Crippen molar-refractivity contribution in [1.82, 2.24) is 4.98 Å². The summed E-state index contributed by atoms with van der Waals surface area (Å²) in [7, 11) is 0. The maximum Gasteiger partial charge on any atom is 0.311 e. The van der Waals surface area contributed by atoms with Gasteiger partial charge in [0.15, 0.2) is 0 Å². The molecule has 0 aliphatic carbocycles. The fourth-order valence-electron chi connectivity index (χ4n) is 1.85. The molecular formula is C12H20N4O2S. The molecule has 0 atom stereocenters. The lowest BCUT2D eigenvalue weighted by atomic mass is 10.0. The highest BCUT2D eigenvalue weighted by molar-refractivity contribution is 8.00. The molecule has 1 aromatic heterocycles. The Morgan fingerprint density at radius 3 is 2.58 bits per heavy atom. The maximum atomic E-state index is 10.9. The van der Waals surface area contributed by atoms with Crippen LogP contribution in [0.5, 0.6) is 0 Å². The third-order valence-electron chi connectivity index (χ3n) is 3.39. The summed E-state index contributed by atoms with van der Waals surface area (Å²) in [4.78, 5) is 14.5. The van der Waals surface area contributed by atoms with Gasteiger partial charge in [0.05, 0.1) is 4.92 Å². The van der Waals surface area contributed by atoms with Gasteiger partial charge >= 0.3 is 5.69 Å². The van der Waals surface area contributed by atoms with E-state index in [4.69, 9.17) is 5.73 Å². The number of nitrogens with two attached hydrogens (primary N) is 1. The molecule has 1 aromatic rings. The van der Waals surface area contributed by atoms with Crippen molar-refractivity contribution in [3.63, 3.8) is 0 Å². The zero-order valence-electron chi connectivity index (χ0n) is 11.5. The van der Waals surface area contributed by atoms with Crippen LogP contribution in [0.3, 0.4) is 0 Å². The molecule has 0 saturated carbocycles. The maximum absolute atomic E-state index is 10.9. The number of hydrogen-bond acceptors (Lipinski definition) is 6. The van der Waals surface area contributed by atoms with E-state index in [1.807, 2.05) is 0 Å². The fraction of sp³-hybridized carbons (Fsp3) is 0.583. The van der Waals surface area contributed by atoms with Gasteiger partial charge in [-0.05, 0) is 25.2 Å². The van der Waals surface area contributed by atoms with E-state index in [0.29, 0.717) is 6.54 Å². The van der Waals surface area contributed by atoms with Crippen molar-refractivity contribution in [2.75, 3.05) is 23.9 Å². The summed E-state index contributed by atoms with van der Waals surface area (Å²) < 4.78 is 0.0557. The van der Waals surface area contributed by atoms with Crippen molar-refractivity contribution < 1.29 is 4.92 Å². The molecule has 0 aromatic carbocycles. The van der Waals surface area contributed by atoms with Crippen LogP contribution >= 0.6 is 11.8 Å². The van der Waals surface area contributed by atoms with Crippen LogP contribution in [0, 0.1) is 10.1 Å². The minimum Gasteiger partial charge on any atom is -0.384 e. The highest BCUT2D eigenvalue weighted by atomic mass is 32.2. The second-order valence-corrected chi connectivity index (χ2v) is 5.58. The summed E-state index contributed by atoms with van der Waals surface area (Å²) in [5.41, 5.74) is 5.54. The summed E-state index contributed by atoms with van der Waals surface area (Å²) in [6.45, 7) is 4.85. The normalized spacial score (nSPS) is 11.3. The lowest BCUT2D eigenvalue weighted by molar-refractivity contribution is -0.384. The quantitative estimate of drug-likeness (QED) is 0.590. The number of hydrogen-bond donors (Lipinski definition) is 2. The molecule has 7 heteroatoms. The predicted molar refractivity (Wildman–Crippen MR) is 80.6 cm³/mol.